The van der Waals surface area contributed by atoms with Crippen molar-refractivity contribution in [1.82, 2.24) is 0 Å². The Kier molecular flexibility index (Phi) is 10.6. The van der Waals surface area contributed by atoms with Crippen LogP contribution in [0.2, 0.25) is 0 Å². The molecular formula is C17H32. The van der Waals surface area contributed by atoms with Crippen molar-refractivity contribution in [3.8, 4) is 0 Å². The van der Waals surface area contributed by atoms with E-state index in [1.165, 1.54) is 96.3 Å². The molecule has 2 rings (SSSR count). The van der Waals surface area contributed by atoms with Gasteiger partial charge in [-0.3, -0.25) is 0 Å². The highest BCUT2D eigenvalue weighted by molar-refractivity contribution is 4.81. The second-order valence-corrected chi connectivity index (χ2v) is 5.64. The first-order valence-corrected chi connectivity index (χ1v) is 8.15. The summed E-state index contributed by atoms with van der Waals surface area (Å²) in [5.74, 6) is 0. The zero-order valence-corrected chi connectivity index (χ0v) is 11.8. The Labute approximate surface area is 109 Å². The summed E-state index contributed by atoms with van der Waals surface area (Å²) in [7, 11) is 0. The van der Waals surface area contributed by atoms with Crippen LogP contribution in [-0.2, 0) is 0 Å². The standard InChI is InChI=1S/C12H22.C5H10/c1-2-4-6-8-10-12-11-9-7-5-3-1;1-2-4-5-3-1/h1-2H,3-12H2;1-5H2. The van der Waals surface area contributed by atoms with E-state index in [9.17, 15) is 0 Å². The summed E-state index contributed by atoms with van der Waals surface area (Å²) in [6.07, 6.45) is 26.5. The van der Waals surface area contributed by atoms with Gasteiger partial charge in [-0.05, 0) is 25.7 Å². The topological polar surface area (TPSA) is 0 Å². The number of hydrogen-bond donors (Lipinski definition) is 0. The summed E-state index contributed by atoms with van der Waals surface area (Å²) >= 11 is 0. The normalized spacial score (nSPS) is 23.1. The summed E-state index contributed by atoms with van der Waals surface area (Å²) in [4.78, 5) is 0. The van der Waals surface area contributed by atoms with Gasteiger partial charge >= 0.3 is 0 Å². The third-order valence-electron chi connectivity index (χ3n) is 3.91. The molecule has 0 nitrogen and oxygen atoms in total. The Hall–Kier alpha value is -0.260. The smallest absolute Gasteiger partial charge is 0.0351 e. The lowest BCUT2D eigenvalue weighted by Crippen LogP contribution is -1.82. The highest BCUT2D eigenvalue weighted by atomic mass is 14.0. The van der Waals surface area contributed by atoms with Crippen molar-refractivity contribution >= 4 is 0 Å². The Morgan fingerprint density at radius 2 is 0.529 bits per heavy atom. The Bertz CT molecular complexity index is 143. The van der Waals surface area contributed by atoms with Crippen LogP contribution in [0.3, 0.4) is 0 Å². The third kappa shape index (κ3) is 10.6. The van der Waals surface area contributed by atoms with Gasteiger partial charge in [-0.25, -0.2) is 0 Å². The lowest BCUT2D eigenvalue weighted by atomic mass is 10.0. The minimum atomic E-state index is 1.32. The molecule has 0 radical (unpaired) electrons. The second kappa shape index (κ2) is 12.2. The number of allylic oxidation sites excluding steroid dienone is 2. The summed E-state index contributed by atoms with van der Waals surface area (Å²) in [6, 6.07) is 0. The first-order chi connectivity index (χ1) is 8.50. The molecule has 0 heterocycles. The van der Waals surface area contributed by atoms with Crippen LogP contribution in [0.4, 0.5) is 0 Å². The number of rotatable bonds is 0. The molecule has 0 aromatic carbocycles. The van der Waals surface area contributed by atoms with Gasteiger partial charge in [-0.2, -0.15) is 0 Å². The zero-order chi connectivity index (χ0) is 12.0. The van der Waals surface area contributed by atoms with Crippen LogP contribution >= 0.6 is 0 Å². The minimum Gasteiger partial charge on any atom is -0.0885 e. The van der Waals surface area contributed by atoms with E-state index in [0.717, 1.165) is 0 Å². The Balaban J connectivity index is 0.000000239. The van der Waals surface area contributed by atoms with Crippen molar-refractivity contribution in [2.75, 3.05) is 0 Å². The van der Waals surface area contributed by atoms with Crippen LogP contribution in [0.1, 0.15) is 96.3 Å². The van der Waals surface area contributed by atoms with Crippen LogP contribution < -0.4 is 0 Å². The lowest BCUT2D eigenvalue weighted by Gasteiger charge is -2.02. The van der Waals surface area contributed by atoms with Gasteiger partial charge in [0.2, 0.25) is 0 Å². The van der Waals surface area contributed by atoms with Crippen LogP contribution in [0.5, 0.6) is 0 Å². The van der Waals surface area contributed by atoms with E-state index in [-0.39, 0.29) is 0 Å². The summed E-state index contributed by atoms with van der Waals surface area (Å²) in [6.45, 7) is 0. The predicted octanol–water partition coefficient (Wildman–Crippen LogP) is 6.41. The van der Waals surface area contributed by atoms with Crippen molar-refractivity contribution in [2.45, 2.75) is 96.3 Å². The van der Waals surface area contributed by atoms with Crippen molar-refractivity contribution < 1.29 is 0 Å². The van der Waals surface area contributed by atoms with E-state index in [4.69, 9.17) is 0 Å². The van der Waals surface area contributed by atoms with Crippen LogP contribution in [0.15, 0.2) is 12.2 Å². The van der Waals surface area contributed by atoms with Crippen molar-refractivity contribution in [2.24, 2.45) is 0 Å². The fourth-order valence-electron chi connectivity index (χ4n) is 2.70. The van der Waals surface area contributed by atoms with Crippen LogP contribution in [0, 0.1) is 0 Å². The summed E-state index contributed by atoms with van der Waals surface area (Å²) < 4.78 is 0. The molecule has 1 fully saturated rings. The molecule has 0 amide bonds. The number of hydrogen-bond acceptors (Lipinski definition) is 0. The molecule has 2 aliphatic carbocycles. The monoisotopic (exact) mass is 236 g/mol. The van der Waals surface area contributed by atoms with Crippen molar-refractivity contribution in [1.29, 1.82) is 0 Å². The maximum atomic E-state index is 2.38. The minimum absolute atomic E-state index is 1.32. The van der Waals surface area contributed by atoms with E-state index in [0.29, 0.717) is 0 Å². The van der Waals surface area contributed by atoms with Gasteiger partial charge in [0.15, 0.2) is 0 Å². The fraction of sp³-hybridized carbons (Fsp3) is 0.882. The van der Waals surface area contributed by atoms with Crippen LogP contribution in [0.25, 0.3) is 0 Å². The highest BCUT2D eigenvalue weighted by Gasteiger charge is 1.95. The van der Waals surface area contributed by atoms with Gasteiger partial charge in [-0.1, -0.05) is 82.8 Å². The van der Waals surface area contributed by atoms with Crippen molar-refractivity contribution in [3.63, 3.8) is 0 Å². The first kappa shape index (κ1) is 14.8. The zero-order valence-electron chi connectivity index (χ0n) is 11.8. The molecule has 0 unspecified atom stereocenters. The molecule has 0 aromatic heterocycles. The van der Waals surface area contributed by atoms with E-state index < -0.39 is 0 Å². The van der Waals surface area contributed by atoms with Crippen LogP contribution in [-0.4, -0.2) is 0 Å². The van der Waals surface area contributed by atoms with E-state index in [1.54, 1.807) is 0 Å². The molecule has 0 atom stereocenters. The molecule has 1 saturated carbocycles. The van der Waals surface area contributed by atoms with Gasteiger partial charge in [-0.15, -0.1) is 0 Å². The molecule has 0 spiro atoms. The average molecular weight is 236 g/mol. The molecule has 0 aromatic rings. The molecule has 0 heteroatoms. The van der Waals surface area contributed by atoms with Gasteiger partial charge in [0.25, 0.3) is 0 Å². The van der Waals surface area contributed by atoms with Gasteiger partial charge in [0, 0.05) is 0 Å². The molecule has 0 saturated heterocycles. The maximum absolute atomic E-state index is 2.38. The third-order valence-corrected chi connectivity index (χ3v) is 3.91. The predicted molar refractivity (Wildman–Crippen MR) is 78.4 cm³/mol. The van der Waals surface area contributed by atoms with Crippen molar-refractivity contribution in [3.05, 3.63) is 12.2 Å². The maximum Gasteiger partial charge on any atom is -0.0351 e. The molecule has 100 valence electrons. The second-order valence-electron chi connectivity index (χ2n) is 5.64. The molecule has 0 bridgehead atoms. The van der Waals surface area contributed by atoms with E-state index in [2.05, 4.69) is 12.2 Å². The van der Waals surface area contributed by atoms with E-state index in [1.807, 2.05) is 0 Å². The first-order valence-electron chi connectivity index (χ1n) is 8.15. The average Bonchev–Trinajstić information content (AvgIpc) is 2.88. The summed E-state index contributed by atoms with van der Waals surface area (Å²) in [5.41, 5.74) is 0. The van der Waals surface area contributed by atoms with Gasteiger partial charge in [0.1, 0.15) is 0 Å². The quantitative estimate of drug-likeness (QED) is 0.426. The Morgan fingerprint density at radius 1 is 0.294 bits per heavy atom. The van der Waals surface area contributed by atoms with Gasteiger partial charge in [0.05, 0.1) is 0 Å². The SMILES string of the molecule is C1=CCCCCCCCCCC1.C1CCCC1. The highest BCUT2D eigenvalue weighted by Crippen LogP contribution is 2.15. The molecule has 17 heavy (non-hydrogen) atoms. The molecule has 0 N–H and O–H groups in total. The largest absolute Gasteiger partial charge is 0.0885 e. The molecule has 0 aliphatic heterocycles. The van der Waals surface area contributed by atoms with E-state index >= 15 is 0 Å². The summed E-state index contributed by atoms with van der Waals surface area (Å²) in [5, 5.41) is 0. The van der Waals surface area contributed by atoms with Gasteiger partial charge < -0.3 is 0 Å². The Morgan fingerprint density at radius 3 is 0.824 bits per heavy atom. The molecular weight excluding hydrogens is 204 g/mol. The fourth-order valence-corrected chi connectivity index (χ4v) is 2.70. The molecule has 2 aliphatic rings. The lowest BCUT2D eigenvalue weighted by molar-refractivity contribution is 0.566.